The van der Waals surface area contributed by atoms with Gasteiger partial charge in [-0.25, -0.2) is 0 Å². The minimum atomic E-state index is -0.604. The van der Waals surface area contributed by atoms with E-state index in [1.165, 1.54) is 0 Å². The van der Waals surface area contributed by atoms with Crippen LogP contribution in [0.3, 0.4) is 0 Å². The SMILES string of the molecule is CCCCOc1ccc(C2NC(=O)c3oc4c(C)cc(C)cc4c(=O)c32)cc1OC. The number of aryl methyl sites for hydroxylation is 2. The van der Waals surface area contributed by atoms with Crippen molar-refractivity contribution in [2.75, 3.05) is 13.7 Å². The van der Waals surface area contributed by atoms with E-state index in [-0.39, 0.29) is 11.2 Å². The summed E-state index contributed by atoms with van der Waals surface area (Å²) in [5.74, 6) is 0.877. The number of carbonyl (C=O) groups excluding carboxylic acids is 1. The van der Waals surface area contributed by atoms with E-state index in [0.717, 1.165) is 29.5 Å². The van der Waals surface area contributed by atoms with E-state index in [4.69, 9.17) is 13.9 Å². The van der Waals surface area contributed by atoms with Gasteiger partial charge in [-0.1, -0.05) is 25.5 Å². The van der Waals surface area contributed by atoms with Crippen LogP contribution in [-0.2, 0) is 0 Å². The van der Waals surface area contributed by atoms with Crippen molar-refractivity contribution in [3.8, 4) is 11.5 Å². The smallest absolute Gasteiger partial charge is 0.288 e. The number of ether oxygens (including phenoxy) is 2. The molecule has 6 nitrogen and oxygen atoms in total. The van der Waals surface area contributed by atoms with Crippen LogP contribution in [0.2, 0.25) is 0 Å². The molecule has 156 valence electrons. The molecule has 6 heteroatoms. The lowest BCUT2D eigenvalue weighted by Crippen LogP contribution is -2.22. The van der Waals surface area contributed by atoms with Gasteiger partial charge >= 0.3 is 0 Å². The topological polar surface area (TPSA) is 77.8 Å². The first-order valence-electron chi connectivity index (χ1n) is 10.1. The molecule has 1 N–H and O–H groups in total. The number of amides is 1. The highest BCUT2D eigenvalue weighted by Gasteiger charge is 2.36. The molecule has 0 saturated heterocycles. The number of fused-ring (bicyclic) bond motifs is 2. The quantitative estimate of drug-likeness (QED) is 0.612. The maximum Gasteiger partial charge on any atom is 0.288 e. The van der Waals surface area contributed by atoms with E-state index in [0.29, 0.717) is 34.6 Å². The molecule has 0 fully saturated rings. The molecule has 2 aromatic carbocycles. The Morgan fingerprint density at radius 3 is 2.63 bits per heavy atom. The van der Waals surface area contributed by atoms with Crippen LogP contribution in [0.15, 0.2) is 39.5 Å². The Kier molecular flexibility index (Phi) is 5.24. The lowest BCUT2D eigenvalue weighted by atomic mass is 9.97. The molecule has 4 rings (SSSR count). The van der Waals surface area contributed by atoms with Gasteiger partial charge in [0.15, 0.2) is 16.9 Å². The molecule has 1 aliphatic heterocycles. The predicted octanol–water partition coefficient (Wildman–Crippen LogP) is 4.43. The van der Waals surface area contributed by atoms with Crippen LogP contribution in [0.5, 0.6) is 11.5 Å². The Bertz CT molecular complexity index is 1190. The van der Waals surface area contributed by atoms with E-state index >= 15 is 0 Å². The zero-order valence-corrected chi connectivity index (χ0v) is 17.6. The van der Waals surface area contributed by atoms with Gasteiger partial charge in [0.25, 0.3) is 5.91 Å². The summed E-state index contributed by atoms with van der Waals surface area (Å²) in [6.07, 6.45) is 1.98. The van der Waals surface area contributed by atoms with Crippen molar-refractivity contribution in [2.45, 2.75) is 39.7 Å². The first-order chi connectivity index (χ1) is 14.4. The molecular formula is C24H25NO5. The van der Waals surface area contributed by atoms with Gasteiger partial charge in [0.05, 0.1) is 30.7 Å². The van der Waals surface area contributed by atoms with Crippen LogP contribution >= 0.6 is 0 Å². The molecule has 3 aromatic rings. The highest BCUT2D eigenvalue weighted by molar-refractivity contribution is 5.99. The second-order valence-corrected chi connectivity index (χ2v) is 7.65. The van der Waals surface area contributed by atoms with Crippen molar-refractivity contribution < 1.29 is 18.7 Å². The van der Waals surface area contributed by atoms with Crippen molar-refractivity contribution >= 4 is 16.9 Å². The molecule has 0 bridgehead atoms. The maximum absolute atomic E-state index is 13.3. The fourth-order valence-electron chi connectivity index (χ4n) is 3.92. The Morgan fingerprint density at radius 1 is 1.10 bits per heavy atom. The summed E-state index contributed by atoms with van der Waals surface area (Å²) < 4.78 is 17.2. The largest absolute Gasteiger partial charge is 0.493 e. The van der Waals surface area contributed by atoms with Crippen molar-refractivity contribution in [1.29, 1.82) is 0 Å². The van der Waals surface area contributed by atoms with E-state index in [9.17, 15) is 9.59 Å². The number of unbranched alkanes of at least 4 members (excludes halogenated alkanes) is 1. The van der Waals surface area contributed by atoms with Gasteiger partial charge < -0.3 is 19.2 Å². The molecule has 0 radical (unpaired) electrons. The first kappa shape index (κ1) is 20.0. The molecule has 0 aliphatic carbocycles. The summed E-state index contributed by atoms with van der Waals surface area (Å²) in [5, 5.41) is 3.36. The molecule has 1 amide bonds. The molecule has 2 heterocycles. The van der Waals surface area contributed by atoms with E-state index in [1.54, 1.807) is 19.2 Å². The van der Waals surface area contributed by atoms with E-state index in [1.807, 2.05) is 32.0 Å². The van der Waals surface area contributed by atoms with Gasteiger partial charge in [-0.15, -0.1) is 0 Å². The fourth-order valence-corrected chi connectivity index (χ4v) is 3.92. The van der Waals surface area contributed by atoms with Gasteiger partial charge in [0.1, 0.15) is 5.58 Å². The van der Waals surface area contributed by atoms with Crippen LogP contribution in [-0.4, -0.2) is 19.6 Å². The third-order valence-corrected chi connectivity index (χ3v) is 5.40. The van der Waals surface area contributed by atoms with Gasteiger partial charge in [-0.3, -0.25) is 9.59 Å². The summed E-state index contributed by atoms with van der Waals surface area (Å²) in [4.78, 5) is 26.0. The molecule has 0 saturated carbocycles. The van der Waals surface area contributed by atoms with Gasteiger partial charge in [-0.2, -0.15) is 0 Å². The minimum absolute atomic E-state index is 0.0756. The Balaban J connectivity index is 1.81. The van der Waals surface area contributed by atoms with Crippen LogP contribution in [0.4, 0.5) is 0 Å². The Morgan fingerprint density at radius 2 is 1.90 bits per heavy atom. The summed E-state index contributed by atoms with van der Waals surface area (Å²) in [6, 6.07) is 8.59. The highest BCUT2D eigenvalue weighted by atomic mass is 16.5. The molecule has 1 unspecified atom stereocenters. The van der Waals surface area contributed by atoms with E-state index < -0.39 is 11.9 Å². The van der Waals surface area contributed by atoms with Crippen molar-refractivity contribution in [3.63, 3.8) is 0 Å². The third kappa shape index (κ3) is 3.32. The predicted molar refractivity (Wildman–Crippen MR) is 115 cm³/mol. The number of nitrogens with one attached hydrogen (secondary N) is 1. The number of benzene rings is 2. The van der Waals surface area contributed by atoms with Crippen LogP contribution in [0, 0.1) is 13.8 Å². The number of rotatable bonds is 6. The summed E-state index contributed by atoms with van der Waals surface area (Å²) >= 11 is 0. The van der Waals surface area contributed by atoms with Crippen molar-refractivity contribution in [2.24, 2.45) is 0 Å². The summed E-state index contributed by atoms with van der Waals surface area (Å²) in [5.41, 5.74) is 3.13. The second kappa shape index (κ2) is 7.86. The fraction of sp³-hybridized carbons (Fsp3) is 0.333. The normalized spacial score (nSPS) is 15.2. The van der Waals surface area contributed by atoms with Gasteiger partial charge in [0, 0.05) is 0 Å². The number of methoxy groups -OCH3 is 1. The molecule has 1 aliphatic rings. The van der Waals surface area contributed by atoms with Crippen molar-refractivity contribution in [1.82, 2.24) is 5.32 Å². The van der Waals surface area contributed by atoms with Gasteiger partial charge in [0.2, 0.25) is 5.76 Å². The number of hydrogen-bond acceptors (Lipinski definition) is 5. The standard InChI is InChI=1S/C24H25NO5/c1-5-6-9-29-17-8-7-15(12-18(17)28-4)20-19-21(26)16-11-13(2)10-14(3)22(16)30-23(19)24(27)25-20/h7-8,10-12,20H,5-6,9H2,1-4H3,(H,25,27). The molecule has 1 atom stereocenters. The second-order valence-electron chi connectivity index (χ2n) is 7.65. The number of hydrogen-bond donors (Lipinski definition) is 1. The average Bonchev–Trinajstić information content (AvgIpc) is 3.06. The summed E-state index contributed by atoms with van der Waals surface area (Å²) in [6.45, 7) is 6.50. The zero-order valence-electron chi connectivity index (χ0n) is 17.6. The van der Waals surface area contributed by atoms with Crippen molar-refractivity contribution in [3.05, 3.63) is 68.6 Å². The van der Waals surface area contributed by atoms with Gasteiger partial charge in [-0.05, 0) is 55.2 Å². The molecular weight excluding hydrogens is 382 g/mol. The van der Waals surface area contributed by atoms with Crippen LogP contribution in [0.1, 0.15) is 58.6 Å². The first-order valence-corrected chi connectivity index (χ1v) is 10.1. The number of carbonyl (C=O) groups is 1. The Hall–Kier alpha value is -3.28. The maximum atomic E-state index is 13.3. The Labute approximate surface area is 174 Å². The monoisotopic (exact) mass is 407 g/mol. The third-order valence-electron chi connectivity index (χ3n) is 5.40. The molecule has 0 spiro atoms. The lowest BCUT2D eigenvalue weighted by Gasteiger charge is -2.16. The zero-order chi connectivity index (χ0) is 21.4. The molecule has 30 heavy (non-hydrogen) atoms. The van der Waals surface area contributed by atoms with Crippen LogP contribution < -0.4 is 20.2 Å². The van der Waals surface area contributed by atoms with E-state index in [2.05, 4.69) is 12.2 Å². The average molecular weight is 407 g/mol. The minimum Gasteiger partial charge on any atom is -0.493 e. The van der Waals surface area contributed by atoms with Crippen LogP contribution in [0.25, 0.3) is 11.0 Å². The molecule has 1 aromatic heterocycles. The highest BCUT2D eigenvalue weighted by Crippen LogP contribution is 2.36. The lowest BCUT2D eigenvalue weighted by molar-refractivity contribution is 0.0938. The summed E-state index contributed by atoms with van der Waals surface area (Å²) in [7, 11) is 1.57.